The summed E-state index contributed by atoms with van der Waals surface area (Å²) in [5, 5.41) is 15.2. The minimum absolute atomic E-state index is 0.0666. The lowest BCUT2D eigenvalue weighted by atomic mass is 10.1. The van der Waals surface area contributed by atoms with Crippen LogP contribution in [0.4, 0.5) is 16.2 Å². The van der Waals surface area contributed by atoms with Crippen LogP contribution in [0.1, 0.15) is 18.4 Å². The summed E-state index contributed by atoms with van der Waals surface area (Å²) in [6, 6.07) is 16.1. The molecule has 1 aliphatic rings. The van der Waals surface area contributed by atoms with Crippen LogP contribution in [-0.2, 0) is 11.2 Å². The SMILES string of the molecule is O=C(Nc1ccccc1N1CCCC1=O)NC(CO)Cc1ccccc1. The molecule has 1 heterocycles. The second-order valence-corrected chi connectivity index (χ2v) is 6.33. The van der Waals surface area contributed by atoms with Crippen LogP contribution < -0.4 is 15.5 Å². The third-order valence-electron chi connectivity index (χ3n) is 4.40. The van der Waals surface area contributed by atoms with Crippen molar-refractivity contribution in [3.05, 3.63) is 60.2 Å². The molecule has 0 radical (unpaired) electrons. The van der Waals surface area contributed by atoms with E-state index < -0.39 is 12.1 Å². The lowest BCUT2D eigenvalue weighted by Gasteiger charge is -2.21. The van der Waals surface area contributed by atoms with Crippen LogP contribution in [0.2, 0.25) is 0 Å². The molecule has 136 valence electrons. The highest BCUT2D eigenvalue weighted by molar-refractivity contribution is 6.01. The average Bonchev–Trinajstić information content (AvgIpc) is 3.08. The molecule has 0 aromatic heterocycles. The molecule has 0 aliphatic carbocycles. The summed E-state index contributed by atoms with van der Waals surface area (Å²) in [5.41, 5.74) is 2.32. The Morgan fingerprint density at radius 3 is 2.54 bits per heavy atom. The van der Waals surface area contributed by atoms with Crippen LogP contribution in [0.15, 0.2) is 54.6 Å². The van der Waals surface area contributed by atoms with E-state index in [-0.39, 0.29) is 12.5 Å². The number of hydrogen-bond acceptors (Lipinski definition) is 3. The van der Waals surface area contributed by atoms with Gasteiger partial charge in [-0.3, -0.25) is 4.79 Å². The van der Waals surface area contributed by atoms with Crippen molar-refractivity contribution in [2.24, 2.45) is 0 Å². The molecule has 0 spiro atoms. The van der Waals surface area contributed by atoms with Crippen molar-refractivity contribution in [2.75, 3.05) is 23.4 Å². The van der Waals surface area contributed by atoms with E-state index in [1.165, 1.54) is 0 Å². The number of urea groups is 1. The van der Waals surface area contributed by atoms with Gasteiger partial charge < -0.3 is 20.6 Å². The molecule has 1 saturated heterocycles. The number of aliphatic hydroxyl groups is 1. The highest BCUT2D eigenvalue weighted by Gasteiger charge is 2.24. The monoisotopic (exact) mass is 353 g/mol. The van der Waals surface area contributed by atoms with Crippen LogP contribution in [0.5, 0.6) is 0 Å². The normalized spacial score (nSPS) is 15.0. The Labute approximate surface area is 152 Å². The summed E-state index contributed by atoms with van der Waals surface area (Å²) in [4.78, 5) is 26.1. The molecule has 6 heteroatoms. The molecule has 0 bridgehead atoms. The zero-order valence-electron chi connectivity index (χ0n) is 14.5. The maximum Gasteiger partial charge on any atom is 0.319 e. The summed E-state index contributed by atoms with van der Waals surface area (Å²) >= 11 is 0. The van der Waals surface area contributed by atoms with Gasteiger partial charge in [-0.05, 0) is 30.5 Å². The van der Waals surface area contributed by atoms with E-state index in [4.69, 9.17) is 0 Å². The zero-order valence-corrected chi connectivity index (χ0v) is 14.5. The molecule has 1 atom stereocenters. The molecule has 3 amide bonds. The van der Waals surface area contributed by atoms with Crippen LogP contribution >= 0.6 is 0 Å². The van der Waals surface area contributed by atoms with E-state index in [1.54, 1.807) is 11.0 Å². The van der Waals surface area contributed by atoms with Gasteiger partial charge in [-0.2, -0.15) is 0 Å². The van der Waals surface area contributed by atoms with Gasteiger partial charge in [0.05, 0.1) is 24.0 Å². The van der Waals surface area contributed by atoms with Crippen LogP contribution in [0, 0.1) is 0 Å². The lowest BCUT2D eigenvalue weighted by Crippen LogP contribution is -2.41. The molecule has 1 aliphatic heterocycles. The number of rotatable bonds is 6. The number of carbonyl (C=O) groups is 2. The number of anilines is 2. The Kier molecular flexibility index (Phi) is 5.86. The molecule has 2 aromatic carbocycles. The molecule has 3 N–H and O–H groups in total. The van der Waals surface area contributed by atoms with Gasteiger partial charge in [-0.1, -0.05) is 42.5 Å². The number of para-hydroxylation sites is 2. The quantitative estimate of drug-likeness (QED) is 0.746. The lowest BCUT2D eigenvalue weighted by molar-refractivity contribution is -0.117. The first-order valence-corrected chi connectivity index (χ1v) is 8.79. The average molecular weight is 353 g/mol. The van der Waals surface area contributed by atoms with Gasteiger partial charge in [0, 0.05) is 13.0 Å². The minimum atomic E-state index is -0.404. The van der Waals surface area contributed by atoms with Gasteiger partial charge in [0.2, 0.25) is 5.91 Å². The van der Waals surface area contributed by atoms with E-state index in [0.29, 0.717) is 30.8 Å². The summed E-state index contributed by atoms with van der Waals surface area (Å²) < 4.78 is 0. The predicted molar refractivity (Wildman–Crippen MR) is 101 cm³/mol. The van der Waals surface area contributed by atoms with E-state index in [9.17, 15) is 14.7 Å². The number of nitrogens with one attached hydrogen (secondary N) is 2. The third-order valence-corrected chi connectivity index (χ3v) is 4.40. The molecular formula is C20H23N3O3. The first kappa shape index (κ1) is 17.9. The molecule has 1 fully saturated rings. The molecule has 0 saturated carbocycles. The number of benzene rings is 2. The van der Waals surface area contributed by atoms with Crippen LogP contribution in [0.25, 0.3) is 0 Å². The van der Waals surface area contributed by atoms with Crippen molar-refractivity contribution >= 4 is 23.3 Å². The maximum atomic E-state index is 12.4. The Morgan fingerprint density at radius 2 is 1.85 bits per heavy atom. The number of carbonyl (C=O) groups excluding carboxylic acids is 2. The molecule has 2 aromatic rings. The first-order chi connectivity index (χ1) is 12.7. The van der Waals surface area contributed by atoms with E-state index in [1.807, 2.05) is 48.5 Å². The van der Waals surface area contributed by atoms with Crippen LogP contribution in [-0.4, -0.2) is 36.2 Å². The van der Waals surface area contributed by atoms with Gasteiger partial charge in [0.1, 0.15) is 0 Å². The Hall–Kier alpha value is -2.86. The van der Waals surface area contributed by atoms with E-state index >= 15 is 0 Å². The van der Waals surface area contributed by atoms with Gasteiger partial charge in [0.25, 0.3) is 0 Å². The Morgan fingerprint density at radius 1 is 1.12 bits per heavy atom. The van der Waals surface area contributed by atoms with E-state index in [2.05, 4.69) is 10.6 Å². The summed E-state index contributed by atoms with van der Waals surface area (Å²) in [7, 11) is 0. The van der Waals surface area contributed by atoms with Gasteiger partial charge >= 0.3 is 6.03 Å². The standard InChI is InChI=1S/C20H23N3O3/c24-14-16(13-15-7-2-1-3-8-15)21-20(26)22-17-9-4-5-10-18(17)23-12-6-11-19(23)25/h1-5,7-10,16,24H,6,11-14H2,(H2,21,22,26). The topological polar surface area (TPSA) is 81.7 Å². The van der Waals surface area contributed by atoms with E-state index in [0.717, 1.165) is 12.0 Å². The van der Waals surface area contributed by atoms with Crippen molar-refractivity contribution in [3.8, 4) is 0 Å². The van der Waals surface area contributed by atoms with Crippen molar-refractivity contribution in [1.82, 2.24) is 5.32 Å². The summed E-state index contributed by atoms with van der Waals surface area (Å²) in [6.45, 7) is 0.501. The van der Waals surface area contributed by atoms with Crippen LogP contribution in [0.3, 0.4) is 0 Å². The number of hydrogen-bond donors (Lipinski definition) is 3. The first-order valence-electron chi connectivity index (χ1n) is 8.79. The minimum Gasteiger partial charge on any atom is -0.394 e. The van der Waals surface area contributed by atoms with Gasteiger partial charge in [0.15, 0.2) is 0 Å². The maximum absolute atomic E-state index is 12.4. The molecule has 3 rings (SSSR count). The fourth-order valence-corrected chi connectivity index (χ4v) is 3.12. The molecular weight excluding hydrogens is 330 g/mol. The van der Waals surface area contributed by atoms with Crippen molar-refractivity contribution in [2.45, 2.75) is 25.3 Å². The fourth-order valence-electron chi connectivity index (χ4n) is 3.12. The number of aliphatic hydroxyl groups excluding tert-OH is 1. The molecule has 6 nitrogen and oxygen atoms in total. The summed E-state index contributed by atoms with van der Waals surface area (Å²) in [6.07, 6.45) is 1.89. The largest absolute Gasteiger partial charge is 0.394 e. The fraction of sp³-hybridized carbons (Fsp3) is 0.300. The van der Waals surface area contributed by atoms with Crippen molar-refractivity contribution in [1.29, 1.82) is 0 Å². The Balaban J connectivity index is 1.65. The van der Waals surface area contributed by atoms with Gasteiger partial charge in [-0.15, -0.1) is 0 Å². The highest BCUT2D eigenvalue weighted by atomic mass is 16.3. The van der Waals surface area contributed by atoms with Crippen molar-refractivity contribution < 1.29 is 14.7 Å². The second-order valence-electron chi connectivity index (χ2n) is 6.33. The molecule has 1 unspecified atom stereocenters. The van der Waals surface area contributed by atoms with Crippen molar-refractivity contribution in [3.63, 3.8) is 0 Å². The number of amides is 3. The summed E-state index contributed by atoms with van der Waals surface area (Å²) in [5.74, 6) is 0.0666. The highest BCUT2D eigenvalue weighted by Crippen LogP contribution is 2.29. The smallest absolute Gasteiger partial charge is 0.319 e. The third kappa shape index (κ3) is 4.40. The number of nitrogens with zero attached hydrogens (tertiary/aromatic N) is 1. The zero-order chi connectivity index (χ0) is 18.4. The second kappa shape index (κ2) is 8.49. The predicted octanol–water partition coefficient (Wildman–Crippen LogP) is 2.54. The Bertz CT molecular complexity index is 764. The van der Waals surface area contributed by atoms with Gasteiger partial charge in [-0.25, -0.2) is 4.79 Å². The molecule has 26 heavy (non-hydrogen) atoms.